The van der Waals surface area contributed by atoms with Crippen molar-refractivity contribution in [2.75, 3.05) is 5.01 Å². The molecule has 2 unspecified atom stereocenters. The predicted octanol–water partition coefficient (Wildman–Crippen LogP) is 1.94. The molecule has 1 aromatic carbocycles. The van der Waals surface area contributed by atoms with Gasteiger partial charge in [0.25, 0.3) is 0 Å². The second-order valence-corrected chi connectivity index (χ2v) is 6.23. The fraction of sp³-hybridized carbons (Fsp3) is 0.529. The zero-order chi connectivity index (χ0) is 15.5. The van der Waals surface area contributed by atoms with Crippen molar-refractivity contribution in [1.82, 2.24) is 5.27 Å². The molecule has 1 aliphatic heterocycles. The number of hydrogen-bond donors (Lipinski definition) is 1. The van der Waals surface area contributed by atoms with Crippen molar-refractivity contribution in [2.45, 2.75) is 58.0 Å². The number of benzene rings is 1. The van der Waals surface area contributed by atoms with Gasteiger partial charge in [-0.3, -0.25) is 4.52 Å². The van der Waals surface area contributed by atoms with Crippen molar-refractivity contribution >= 4 is 0 Å². The summed E-state index contributed by atoms with van der Waals surface area (Å²) in [6.45, 7) is 4.41. The molecule has 0 radical (unpaired) electrons. The summed E-state index contributed by atoms with van der Waals surface area (Å²) < 4.78 is 5.07. The molecule has 0 amide bonds. The first-order chi connectivity index (χ1) is 10.7. The summed E-state index contributed by atoms with van der Waals surface area (Å²) in [7, 11) is 0. The van der Waals surface area contributed by atoms with Crippen LogP contribution in [-0.4, -0.2) is 17.4 Å². The van der Waals surface area contributed by atoms with E-state index >= 15 is 0 Å². The molecule has 2 aromatic rings. The van der Waals surface area contributed by atoms with Crippen LogP contribution in [0.1, 0.15) is 44.4 Å². The van der Waals surface area contributed by atoms with E-state index in [2.05, 4.69) is 36.3 Å². The van der Waals surface area contributed by atoms with Crippen LogP contribution < -0.4 is 15.4 Å². The minimum Gasteiger partial charge on any atom is -0.281 e. The van der Waals surface area contributed by atoms with Crippen molar-refractivity contribution in [1.29, 1.82) is 0 Å². The highest BCUT2D eigenvalue weighted by molar-refractivity contribution is 5.15. The fourth-order valence-electron chi connectivity index (χ4n) is 3.39. The highest BCUT2D eigenvalue weighted by atomic mass is 16.5. The van der Waals surface area contributed by atoms with E-state index in [0.29, 0.717) is 24.2 Å². The molecule has 5 heteroatoms. The van der Waals surface area contributed by atoms with Crippen LogP contribution in [0.4, 0.5) is 0 Å². The number of nitrogens with zero attached hydrogens (tertiary/aromatic N) is 2. The summed E-state index contributed by atoms with van der Waals surface area (Å²) in [4.78, 5) is 13.9. The molecule has 2 heterocycles. The first kappa shape index (κ1) is 14.9. The minimum atomic E-state index is -0.263. The number of aromatic nitrogens is 2. The second kappa shape index (κ2) is 6.38. The molecule has 3 rings (SSSR count). The molecule has 0 aliphatic carbocycles. The van der Waals surface area contributed by atoms with Crippen LogP contribution in [0.15, 0.2) is 39.6 Å². The van der Waals surface area contributed by atoms with Crippen LogP contribution in [0.25, 0.3) is 0 Å². The topological polar surface area (TPSA) is 53.1 Å². The number of aryl methyl sites for hydroxylation is 1. The Morgan fingerprint density at radius 2 is 1.86 bits per heavy atom. The molecule has 1 N–H and O–H groups in total. The highest BCUT2D eigenvalue weighted by Gasteiger charge is 2.36. The van der Waals surface area contributed by atoms with E-state index in [0.717, 1.165) is 19.3 Å². The first-order valence-electron chi connectivity index (χ1n) is 8.11. The van der Waals surface area contributed by atoms with E-state index in [4.69, 9.17) is 4.52 Å². The quantitative estimate of drug-likeness (QED) is 0.878. The Morgan fingerprint density at radius 3 is 2.55 bits per heavy atom. The molecule has 1 saturated heterocycles. The molecule has 22 heavy (non-hydrogen) atoms. The molecule has 1 aromatic heterocycles. The smallest absolute Gasteiger partial charge is 0.281 e. The number of rotatable bonds is 4. The number of H-pyrrole nitrogens is 1. The normalized spacial score (nSPS) is 22.0. The van der Waals surface area contributed by atoms with Crippen LogP contribution in [0.5, 0.6) is 0 Å². The lowest BCUT2D eigenvalue weighted by Gasteiger charge is -2.32. The summed E-state index contributed by atoms with van der Waals surface area (Å²) >= 11 is 0. The van der Waals surface area contributed by atoms with Gasteiger partial charge >= 0.3 is 11.3 Å². The van der Waals surface area contributed by atoms with Crippen molar-refractivity contribution in [2.24, 2.45) is 0 Å². The van der Waals surface area contributed by atoms with Crippen LogP contribution >= 0.6 is 0 Å². The number of piperidine rings is 1. The lowest BCUT2D eigenvalue weighted by Crippen LogP contribution is -2.69. The third-order valence-electron chi connectivity index (χ3n) is 4.59. The zero-order valence-electron chi connectivity index (χ0n) is 13.3. The van der Waals surface area contributed by atoms with Crippen LogP contribution in [-0.2, 0) is 12.8 Å². The van der Waals surface area contributed by atoms with Crippen LogP contribution in [0.2, 0.25) is 0 Å². The monoisotopic (exact) mass is 302 g/mol. The molecule has 0 bridgehead atoms. The van der Waals surface area contributed by atoms with Gasteiger partial charge < -0.3 is 0 Å². The van der Waals surface area contributed by atoms with E-state index in [1.165, 1.54) is 12.0 Å². The van der Waals surface area contributed by atoms with E-state index in [1.807, 2.05) is 23.0 Å². The van der Waals surface area contributed by atoms with Gasteiger partial charge in [-0.15, -0.1) is 5.01 Å². The average Bonchev–Trinajstić information content (AvgIpc) is 2.87. The van der Waals surface area contributed by atoms with Crippen LogP contribution in [0.3, 0.4) is 0 Å². The SMILES string of the molecule is CC1CCCC(C)N1[n+]1[nH]oc(=O)c1CCc1ccccc1. The Hall–Kier alpha value is -2.04. The highest BCUT2D eigenvalue weighted by Crippen LogP contribution is 2.18. The van der Waals surface area contributed by atoms with Gasteiger partial charge in [0.05, 0.1) is 18.5 Å². The van der Waals surface area contributed by atoms with Gasteiger partial charge in [-0.2, -0.15) is 0 Å². The van der Waals surface area contributed by atoms with Crippen molar-refractivity contribution in [3.8, 4) is 0 Å². The molecule has 0 spiro atoms. The summed E-state index contributed by atoms with van der Waals surface area (Å²) in [6, 6.07) is 11.0. The summed E-state index contributed by atoms with van der Waals surface area (Å²) in [5, 5.41) is 5.04. The lowest BCUT2D eigenvalue weighted by molar-refractivity contribution is -0.771. The Bertz CT molecular complexity index is 652. The summed E-state index contributed by atoms with van der Waals surface area (Å²) in [5.41, 5.74) is 1.67. The zero-order valence-corrected chi connectivity index (χ0v) is 13.3. The fourth-order valence-corrected chi connectivity index (χ4v) is 3.39. The van der Waals surface area contributed by atoms with Gasteiger partial charge in [-0.05, 0) is 45.1 Å². The molecule has 1 fully saturated rings. The largest absolute Gasteiger partial charge is 0.433 e. The van der Waals surface area contributed by atoms with Gasteiger partial charge in [0.1, 0.15) is 0 Å². The van der Waals surface area contributed by atoms with Gasteiger partial charge in [-0.25, -0.2) is 4.79 Å². The van der Waals surface area contributed by atoms with E-state index in [9.17, 15) is 4.79 Å². The third kappa shape index (κ3) is 2.93. The van der Waals surface area contributed by atoms with Gasteiger partial charge in [0, 0.05) is 10.1 Å². The summed E-state index contributed by atoms with van der Waals surface area (Å²) in [5.74, 6) is 0. The molecular formula is C17H24N3O2+. The van der Waals surface area contributed by atoms with Gasteiger partial charge in [-0.1, -0.05) is 30.3 Å². The van der Waals surface area contributed by atoms with Crippen molar-refractivity contribution < 1.29 is 9.31 Å². The molecule has 5 nitrogen and oxygen atoms in total. The van der Waals surface area contributed by atoms with E-state index in [-0.39, 0.29) is 5.63 Å². The van der Waals surface area contributed by atoms with E-state index in [1.54, 1.807) is 0 Å². The molecular weight excluding hydrogens is 278 g/mol. The average molecular weight is 302 g/mol. The van der Waals surface area contributed by atoms with Crippen molar-refractivity contribution in [3.63, 3.8) is 0 Å². The Kier molecular flexibility index (Phi) is 4.32. The lowest BCUT2D eigenvalue weighted by atomic mass is 10.00. The molecule has 0 saturated carbocycles. The van der Waals surface area contributed by atoms with Gasteiger partial charge in [0.15, 0.2) is 0 Å². The number of hydrogen-bond acceptors (Lipinski definition) is 3. The Balaban J connectivity index is 1.83. The van der Waals surface area contributed by atoms with E-state index < -0.39 is 0 Å². The number of nitrogens with one attached hydrogen (secondary N) is 1. The van der Waals surface area contributed by atoms with Gasteiger partial charge in [0.2, 0.25) is 0 Å². The predicted molar refractivity (Wildman–Crippen MR) is 84.4 cm³/mol. The maximum atomic E-state index is 12.1. The van der Waals surface area contributed by atoms with Crippen LogP contribution in [0, 0.1) is 0 Å². The minimum absolute atomic E-state index is 0.263. The maximum absolute atomic E-state index is 12.1. The maximum Gasteiger partial charge on any atom is 0.433 e. The number of aromatic amines is 1. The first-order valence-corrected chi connectivity index (χ1v) is 8.11. The molecule has 1 aliphatic rings. The second-order valence-electron chi connectivity index (χ2n) is 6.23. The standard InChI is InChI=1S/C17H23N3O2/c1-13-7-6-8-14(2)19(13)20-16(17(21)22-18-20)12-11-15-9-4-3-5-10-15/h3-5,9-10,13-14H,6-8,11-12H2,1-2H3/p+1. The molecule has 2 atom stereocenters. The summed E-state index contributed by atoms with van der Waals surface area (Å²) in [6.07, 6.45) is 5.03. The Labute approximate surface area is 130 Å². The Morgan fingerprint density at radius 1 is 1.18 bits per heavy atom. The third-order valence-corrected chi connectivity index (χ3v) is 4.59. The molecule has 118 valence electrons. The van der Waals surface area contributed by atoms with Crippen molar-refractivity contribution in [3.05, 3.63) is 52.0 Å².